The lowest BCUT2D eigenvalue weighted by Gasteiger charge is -2.62. The number of hydrogen-bond acceptors (Lipinski definition) is 6. The van der Waals surface area contributed by atoms with E-state index in [1.54, 1.807) is 25.2 Å². The monoisotopic (exact) mass is 471 g/mol. The molecule has 0 aromatic carbocycles. The summed E-state index contributed by atoms with van der Waals surface area (Å²) in [5.74, 6) is 2.01. The van der Waals surface area contributed by atoms with Gasteiger partial charge in [-0.2, -0.15) is 4.98 Å². The molecule has 3 aliphatic carbocycles. The highest BCUT2D eigenvalue weighted by Gasteiger charge is 2.59. The summed E-state index contributed by atoms with van der Waals surface area (Å²) in [5.41, 5.74) is 4.09. The molecule has 0 atom stereocenters. The molecule has 3 fully saturated rings. The highest BCUT2D eigenvalue weighted by Crippen LogP contribution is 2.63. The molecule has 182 valence electrons. The first kappa shape index (κ1) is 22.2. The van der Waals surface area contributed by atoms with Gasteiger partial charge < -0.3 is 14.8 Å². The van der Waals surface area contributed by atoms with Crippen molar-refractivity contribution >= 4 is 34.3 Å². The van der Waals surface area contributed by atoms with E-state index in [2.05, 4.69) is 50.7 Å². The van der Waals surface area contributed by atoms with Crippen LogP contribution in [0.1, 0.15) is 55.6 Å². The molecule has 35 heavy (non-hydrogen) atoms. The highest BCUT2D eigenvalue weighted by atomic mass is 16.2. The number of rotatable bonds is 6. The van der Waals surface area contributed by atoms with Gasteiger partial charge in [0.25, 0.3) is 5.91 Å². The molecule has 1 N–H and O–H groups in total. The van der Waals surface area contributed by atoms with Crippen molar-refractivity contribution in [3.8, 4) is 0 Å². The second-order valence-electron chi connectivity index (χ2n) is 10.9. The van der Waals surface area contributed by atoms with E-state index in [1.165, 1.54) is 11.1 Å². The number of carbonyl (C=O) groups excluding carboxylic acids is 1. The number of hydrogen-bond donors (Lipinski definition) is 1. The van der Waals surface area contributed by atoms with Crippen molar-refractivity contribution in [3.05, 3.63) is 47.9 Å². The van der Waals surface area contributed by atoms with Crippen molar-refractivity contribution in [1.29, 1.82) is 0 Å². The summed E-state index contributed by atoms with van der Waals surface area (Å²) in [6.07, 6.45) is 10.5. The van der Waals surface area contributed by atoms with Gasteiger partial charge in [0.2, 0.25) is 5.95 Å². The molecule has 0 spiro atoms. The van der Waals surface area contributed by atoms with Crippen LogP contribution < -0.4 is 5.32 Å². The Balaban J connectivity index is 1.26. The summed E-state index contributed by atoms with van der Waals surface area (Å²) in [5, 5.41) is 4.16. The lowest BCUT2D eigenvalue weighted by molar-refractivity contribution is -0.0870. The van der Waals surface area contributed by atoms with Crippen molar-refractivity contribution in [2.45, 2.75) is 51.1 Å². The quantitative estimate of drug-likeness (QED) is 0.578. The normalized spacial score (nSPS) is 23.6. The zero-order valence-corrected chi connectivity index (χ0v) is 21.0. The van der Waals surface area contributed by atoms with Gasteiger partial charge in [-0.1, -0.05) is 6.08 Å². The third-order valence-corrected chi connectivity index (χ3v) is 7.99. The lowest BCUT2D eigenvalue weighted by atomic mass is 9.49. The first-order valence-corrected chi connectivity index (χ1v) is 12.6. The Hall–Kier alpha value is -3.26. The zero-order chi connectivity index (χ0) is 24.3. The molecule has 4 heterocycles. The Kier molecular flexibility index (Phi) is 5.18. The van der Waals surface area contributed by atoms with E-state index in [9.17, 15) is 4.79 Å². The van der Waals surface area contributed by atoms with E-state index in [-0.39, 0.29) is 11.4 Å². The first-order chi connectivity index (χ1) is 16.8. The third-order valence-electron chi connectivity index (χ3n) is 7.99. The second kappa shape index (κ2) is 8.16. The molecule has 0 radical (unpaired) electrons. The number of nitrogens with one attached hydrogen (secondary N) is 1. The smallest absolute Gasteiger partial charge is 0.270 e. The zero-order valence-electron chi connectivity index (χ0n) is 21.0. The van der Waals surface area contributed by atoms with Gasteiger partial charge in [-0.05, 0) is 74.8 Å². The molecule has 3 saturated carbocycles. The predicted molar refractivity (Wildman–Crippen MR) is 138 cm³/mol. The molecular formula is C27H33N7O. The Bertz CT molecular complexity index is 1300. The van der Waals surface area contributed by atoms with Crippen LogP contribution in [0.3, 0.4) is 0 Å². The van der Waals surface area contributed by atoms with E-state index in [0.717, 1.165) is 55.7 Å². The fourth-order valence-electron chi connectivity index (χ4n) is 5.81. The largest absolute Gasteiger partial charge is 0.343 e. The van der Waals surface area contributed by atoms with Gasteiger partial charge in [0, 0.05) is 56.5 Å². The Morgan fingerprint density at radius 3 is 2.54 bits per heavy atom. The predicted octanol–water partition coefficient (Wildman–Crippen LogP) is 4.28. The summed E-state index contributed by atoms with van der Waals surface area (Å²) in [6, 6.07) is 6.61. The van der Waals surface area contributed by atoms with Crippen molar-refractivity contribution in [2.24, 2.45) is 5.92 Å². The molecule has 7 rings (SSSR count). The van der Waals surface area contributed by atoms with Crippen LogP contribution in [-0.4, -0.2) is 68.5 Å². The van der Waals surface area contributed by atoms with Gasteiger partial charge in [0.1, 0.15) is 17.2 Å². The van der Waals surface area contributed by atoms with Gasteiger partial charge in [-0.15, -0.1) is 0 Å². The van der Waals surface area contributed by atoms with E-state index in [4.69, 9.17) is 4.98 Å². The van der Waals surface area contributed by atoms with Gasteiger partial charge in [0.15, 0.2) is 0 Å². The summed E-state index contributed by atoms with van der Waals surface area (Å²) in [6.45, 7) is 6.55. The molecule has 3 aromatic rings. The van der Waals surface area contributed by atoms with Crippen molar-refractivity contribution in [1.82, 2.24) is 29.3 Å². The van der Waals surface area contributed by atoms with Crippen LogP contribution >= 0.6 is 0 Å². The maximum Gasteiger partial charge on any atom is 0.270 e. The molecule has 1 aliphatic heterocycles. The number of fused-ring (bicyclic) bond motifs is 1. The molecule has 2 bridgehead atoms. The van der Waals surface area contributed by atoms with Gasteiger partial charge >= 0.3 is 0 Å². The van der Waals surface area contributed by atoms with E-state index in [0.29, 0.717) is 23.5 Å². The summed E-state index contributed by atoms with van der Waals surface area (Å²) in [7, 11) is 3.59. The first-order valence-electron chi connectivity index (χ1n) is 12.6. The lowest BCUT2D eigenvalue weighted by Crippen LogP contribution is -2.60. The minimum absolute atomic E-state index is 0.00743. The maximum absolute atomic E-state index is 13.0. The molecule has 3 aromatic heterocycles. The van der Waals surface area contributed by atoms with Crippen LogP contribution in [0.15, 0.2) is 36.7 Å². The third kappa shape index (κ3) is 3.71. The van der Waals surface area contributed by atoms with Crippen LogP contribution in [0.25, 0.3) is 16.6 Å². The summed E-state index contributed by atoms with van der Waals surface area (Å²) < 4.78 is 2.18. The number of anilines is 2. The fraction of sp³-hybridized carbons (Fsp3) is 0.481. The second-order valence-corrected chi connectivity index (χ2v) is 10.9. The highest BCUT2D eigenvalue weighted by molar-refractivity contribution is 5.98. The minimum Gasteiger partial charge on any atom is -0.343 e. The van der Waals surface area contributed by atoms with Crippen LogP contribution in [0.2, 0.25) is 0 Å². The Labute approximate surface area is 206 Å². The molecule has 8 heteroatoms. The number of aromatic nitrogens is 4. The molecular weight excluding hydrogens is 438 g/mol. The van der Waals surface area contributed by atoms with Crippen LogP contribution in [-0.2, 0) is 5.54 Å². The molecule has 0 unspecified atom stereocenters. The van der Waals surface area contributed by atoms with E-state index < -0.39 is 0 Å². The number of pyridine rings is 1. The van der Waals surface area contributed by atoms with Crippen LogP contribution in [0.4, 0.5) is 11.8 Å². The minimum atomic E-state index is 0.00743. The van der Waals surface area contributed by atoms with Crippen molar-refractivity contribution < 1.29 is 4.79 Å². The van der Waals surface area contributed by atoms with Gasteiger partial charge in [-0.25, -0.2) is 9.97 Å². The topological polar surface area (TPSA) is 79.2 Å². The van der Waals surface area contributed by atoms with E-state index >= 15 is 0 Å². The Morgan fingerprint density at radius 1 is 1.17 bits per heavy atom. The van der Waals surface area contributed by atoms with Crippen LogP contribution in [0, 0.1) is 5.92 Å². The number of carbonyl (C=O) groups is 1. The summed E-state index contributed by atoms with van der Waals surface area (Å²) in [4.78, 5) is 31.1. The van der Waals surface area contributed by atoms with Crippen molar-refractivity contribution in [3.63, 3.8) is 0 Å². The number of nitrogens with zero attached hydrogens (tertiary/aromatic N) is 6. The molecule has 8 nitrogen and oxygen atoms in total. The Morgan fingerprint density at radius 2 is 1.97 bits per heavy atom. The van der Waals surface area contributed by atoms with Gasteiger partial charge in [-0.3, -0.25) is 9.69 Å². The summed E-state index contributed by atoms with van der Waals surface area (Å²) >= 11 is 0. The number of amides is 1. The SMILES string of the molecule is CC(C)N1CC=C(c2ccc(Nc3ncc4cc(C(=O)N(C)C)n(C56CC(C5)C6)c4n3)nc2)CC1. The average Bonchev–Trinajstić information content (AvgIpc) is 3.15. The molecule has 1 amide bonds. The van der Waals surface area contributed by atoms with Crippen molar-refractivity contribution in [2.75, 3.05) is 32.5 Å². The fourth-order valence-corrected chi connectivity index (χ4v) is 5.81. The van der Waals surface area contributed by atoms with Gasteiger partial charge in [0.05, 0.1) is 0 Å². The maximum atomic E-state index is 13.0. The molecule has 4 aliphatic rings. The van der Waals surface area contributed by atoms with E-state index in [1.807, 2.05) is 18.3 Å². The van der Waals surface area contributed by atoms with Crippen LogP contribution in [0.5, 0.6) is 0 Å². The average molecular weight is 472 g/mol. The molecule has 0 saturated heterocycles. The standard InChI is InChI=1S/C27H33N7O/c1-17(2)33-9-7-19(8-10-33)20-5-6-23(28-15-20)30-26-29-16-21-11-22(25(35)32(3)4)34(24(21)31-26)27-12-18(13-27)14-27/h5-7,11,15-18H,8-10,12-14H2,1-4H3,(H,28,29,30,31).